The van der Waals surface area contributed by atoms with Crippen molar-refractivity contribution < 1.29 is 9.21 Å². The molecule has 0 spiro atoms. The minimum Gasteiger partial charge on any atom is -0.464 e. The van der Waals surface area contributed by atoms with Crippen LogP contribution >= 0.6 is 0 Å². The molecule has 0 unspecified atom stereocenters. The normalized spacial score (nSPS) is 27.8. The second-order valence-corrected chi connectivity index (χ2v) is 6.78. The van der Waals surface area contributed by atoms with Crippen LogP contribution in [0.15, 0.2) is 28.9 Å². The maximum atomic E-state index is 12.6. The lowest BCUT2D eigenvalue weighted by Crippen LogP contribution is -2.41. The van der Waals surface area contributed by atoms with E-state index in [0.29, 0.717) is 0 Å². The van der Waals surface area contributed by atoms with Crippen LogP contribution in [0.5, 0.6) is 0 Å². The Labute approximate surface area is 130 Å². The van der Waals surface area contributed by atoms with Crippen molar-refractivity contribution in [1.82, 2.24) is 10.2 Å². The van der Waals surface area contributed by atoms with Gasteiger partial charge in [0.2, 0.25) is 0 Å². The zero-order valence-electron chi connectivity index (χ0n) is 13.0. The van der Waals surface area contributed by atoms with Gasteiger partial charge >= 0.3 is 0 Å². The van der Waals surface area contributed by atoms with Crippen LogP contribution in [0.1, 0.15) is 35.2 Å². The Bertz CT molecular complexity index is 684. The lowest BCUT2D eigenvalue weighted by molar-refractivity contribution is 0.0929. The molecule has 22 heavy (non-hydrogen) atoms. The van der Waals surface area contributed by atoms with E-state index >= 15 is 0 Å². The number of furan rings is 1. The minimum atomic E-state index is 0.0370. The zero-order chi connectivity index (χ0) is 15.1. The predicted octanol–water partition coefficient (Wildman–Crippen LogP) is 2.96. The third-order valence-electron chi connectivity index (χ3n) is 5.17. The van der Waals surface area contributed by atoms with Crippen molar-refractivity contribution in [2.75, 3.05) is 19.6 Å². The van der Waals surface area contributed by atoms with Gasteiger partial charge in [-0.2, -0.15) is 0 Å². The highest BCUT2D eigenvalue weighted by molar-refractivity contribution is 5.98. The summed E-state index contributed by atoms with van der Waals surface area (Å²) in [7, 11) is 0. The number of benzene rings is 1. The second-order valence-electron chi connectivity index (χ2n) is 6.78. The Morgan fingerprint density at radius 2 is 2.14 bits per heavy atom. The fraction of sp³-hybridized carbons (Fsp3) is 0.500. The largest absolute Gasteiger partial charge is 0.464 e. The van der Waals surface area contributed by atoms with Gasteiger partial charge in [0, 0.05) is 23.5 Å². The summed E-state index contributed by atoms with van der Waals surface area (Å²) in [6.07, 6.45) is 5.43. The number of piperidine rings is 1. The summed E-state index contributed by atoms with van der Waals surface area (Å²) in [4.78, 5) is 15.1. The molecule has 4 heterocycles. The van der Waals surface area contributed by atoms with Gasteiger partial charge in [-0.15, -0.1) is 0 Å². The summed E-state index contributed by atoms with van der Waals surface area (Å²) in [5, 5.41) is 4.27. The summed E-state index contributed by atoms with van der Waals surface area (Å²) < 4.78 is 5.45. The number of hydrogen-bond acceptors (Lipinski definition) is 3. The predicted molar refractivity (Wildman–Crippen MR) is 86.0 cm³/mol. The van der Waals surface area contributed by atoms with Crippen molar-refractivity contribution in [1.29, 1.82) is 0 Å². The van der Waals surface area contributed by atoms with Gasteiger partial charge in [-0.05, 0) is 69.0 Å². The van der Waals surface area contributed by atoms with E-state index in [2.05, 4.69) is 10.2 Å². The number of carbonyl (C=O) groups excluding carboxylic acids is 1. The molecule has 3 saturated heterocycles. The number of aryl methyl sites for hydroxylation is 1. The number of hydrogen-bond donors (Lipinski definition) is 1. The van der Waals surface area contributed by atoms with Crippen LogP contribution in [0.4, 0.5) is 0 Å². The molecule has 2 aromatic rings. The van der Waals surface area contributed by atoms with Gasteiger partial charge in [-0.1, -0.05) is 0 Å². The number of amides is 1. The Kier molecular flexibility index (Phi) is 3.41. The molecule has 3 aliphatic rings. The molecule has 3 fully saturated rings. The van der Waals surface area contributed by atoms with Crippen LogP contribution in [0.2, 0.25) is 0 Å². The van der Waals surface area contributed by atoms with Gasteiger partial charge in [0.1, 0.15) is 5.58 Å². The second kappa shape index (κ2) is 5.43. The molecule has 0 saturated carbocycles. The van der Waals surface area contributed by atoms with E-state index in [1.165, 1.54) is 25.9 Å². The standard InChI is InChI=1S/C18H22N2O2/c1-12-11-22-17-3-2-14(9-16(12)17)18(21)19-15-8-13-4-6-20(10-15)7-5-13/h2-3,9,11,13,15H,4-8,10H2,1H3,(H,19,21)/t15-/m1/s1. The summed E-state index contributed by atoms with van der Waals surface area (Å²) in [5.74, 6) is 0.817. The van der Waals surface area contributed by atoms with E-state index in [-0.39, 0.29) is 11.9 Å². The number of nitrogens with one attached hydrogen (secondary N) is 1. The summed E-state index contributed by atoms with van der Waals surface area (Å²) in [6, 6.07) is 5.96. The Morgan fingerprint density at radius 1 is 1.32 bits per heavy atom. The molecule has 5 rings (SSSR count). The van der Waals surface area contributed by atoms with Crippen molar-refractivity contribution in [3.05, 3.63) is 35.6 Å². The molecule has 2 bridgehead atoms. The average Bonchev–Trinajstić information content (AvgIpc) is 2.70. The number of carbonyl (C=O) groups is 1. The van der Waals surface area contributed by atoms with E-state index in [9.17, 15) is 4.79 Å². The molecule has 1 atom stereocenters. The number of rotatable bonds is 2. The molecule has 0 aliphatic carbocycles. The lowest BCUT2D eigenvalue weighted by Gasteiger charge is -2.26. The first-order valence-electron chi connectivity index (χ1n) is 8.20. The Hall–Kier alpha value is -1.81. The summed E-state index contributed by atoms with van der Waals surface area (Å²) in [5.41, 5.74) is 2.64. The zero-order valence-corrected chi connectivity index (χ0v) is 13.0. The highest BCUT2D eigenvalue weighted by Crippen LogP contribution is 2.27. The van der Waals surface area contributed by atoms with Gasteiger partial charge < -0.3 is 14.6 Å². The van der Waals surface area contributed by atoms with Gasteiger partial charge in [0.15, 0.2) is 0 Å². The van der Waals surface area contributed by atoms with E-state index in [4.69, 9.17) is 4.42 Å². The number of nitrogens with zero attached hydrogens (tertiary/aromatic N) is 1. The highest BCUT2D eigenvalue weighted by atomic mass is 16.3. The molecule has 116 valence electrons. The first-order valence-corrected chi connectivity index (χ1v) is 8.20. The van der Waals surface area contributed by atoms with Crippen molar-refractivity contribution in [2.24, 2.45) is 5.92 Å². The van der Waals surface area contributed by atoms with Gasteiger partial charge in [-0.25, -0.2) is 0 Å². The molecule has 1 aromatic carbocycles. The molecule has 1 amide bonds. The summed E-state index contributed by atoms with van der Waals surface area (Å²) in [6.45, 7) is 5.38. The third-order valence-corrected chi connectivity index (χ3v) is 5.17. The van der Waals surface area contributed by atoms with E-state index in [0.717, 1.165) is 41.0 Å². The maximum Gasteiger partial charge on any atom is 0.251 e. The third kappa shape index (κ3) is 2.52. The quantitative estimate of drug-likeness (QED) is 0.927. The Balaban J connectivity index is 1.52. The smallest absolute Gasteiger partial charge is 0.251 e. The van der Waals surface area contributed by atoms with Crippen molar-refractivity contribution in [3.63, 3.8) is 0 Å². The first kappa shape index (κ1) is 13.8. The molecule has 1 N–H and O–H groups in total. The minimum absolute atomic E-state index is 0.0370. The monoisotopic (exact) mass is 298 g/mol. The first-order chi connectivity index (χ1) is 10.7. The summed E-state index contributed by atoms with van der Waals surface area (Å²) >= 11 is 0. The van der Waals surface area contributed by atoms with Gasteiger partial charge in [0.05, 0.1) is 6.26 Å². The molecule has 4 heteroatoms. The van der Waals surface area contributed by atoms with Crippen LogP contribution in [0.3, 0.4) is 0 Å². The van der Waals surface area contributed by atoms with Crippen LogP contribution in [0.25, 0.3) is 11.0 Å². The fourth-order valence-corrected chi connectivity index (χ4v) is 3.86. The lowest BCUT2D eigenvalue weighted by atomic mass is 9.94. The van der Waals surface area contributed by atoms with E-state index < -0.39 is 0 Å². The van der Waals surface area contributed by atoms with Crippen LogP contribution in [0, 0.1) is 12.8 Å². The van der Waals surface area contributed by atoms with Gasteiger partial charge in [-0.3, -0.25) is 4.79 Å². The maximum absolute atomic E-state index is 12.6. The molecule has 0 radical (unpaired) electrons. The SMILES string of the molecule is Cc1coc2ccc(C(=O)N[C@@H]3CC4CCN(CC4)C3)cc12. The van der Waals surface area contributed by atoms with Crippen LogP contribution in [-0.4, -0.2) is 36.5 Å². The average molecular weight is 298 g/mol. The topological polar surface area (TPSA) is 45.5 Å². The molecule has 1 aromatic heterocycles. The van der Waals surface area contributed by atoms with Crippen LogP contribution in [-0.2, 0) is 0 Å². The molecular formula is C18H22N2O2. The van der Waals surface area contributed by atoms with Crippen molar-refractivity contribution >= 4 is 16.9 Å². The van der Waals surface area contributed by atoms with Crippen molar-refractivity contribution in [3.8, 4) is 0 Å². The fourth-order valence-electron chi connectivity index (χ4n) is 3.86. The highest BCUT2D eigenvalue weighted by Gasteiger charge is 2.29. The van der Waals surface area contributed by atoms with E-state index in [1.54, 1.807) is 6.26 Å². The molecule has 4 nitrogen and oxygen atoms in total. The molecule has 3 aliphatic heterocycles. The van der Waals surface area contributed by atoms with Crippen LogP contribution < -0.4 is 5.32 Å². The van der Waals surface area contributed by atoms with E-state index in [1.807, 2.05) is 25.1 Å². The van der Waals surface area contributed by atoms with Gasteiger partial charge in [0.25, 0.3) is 5.91 Å². The molecular weight excluding hydrogens is 276 g/mol. The Morgan fingerprint density at radius 3 is 2.95 bits per heavy atom. The van der Waals surface area contributed by atoms with Crippen molar-refractivity contribution in [2.45, 2.75) is 32.2 Å². The number of fused-ring (bicyclic) bond motifs is 5.